The van der Waals surface area contributed by atoms with Crippen LogP contribution in [0.1, 0.15) is 45.9 Å². The third-order valence-electron chi connectivity index (χ3n) is 5.73. The SMILES string of the molecule is CN(Cc1ccc(-c2nnc(-c3nc(-c4ccnc(C(C)(C)C#N)c4)cnc3N)o2)cc1)C(=O)OC(C)(C)C. The van der Waals surface area contributed by atoms with E-state index in [0.717, 1.165) is 11.1 Å². The van der Waals surface area contributed by atoms with Crippen LogP contribution in [0.3, 0.4) is 0 Å². The molecule has 0 unspecified atom stereocenters. The predicted molar refractivity (Wildman–Crippen MR) is 145 cm³/mol. The van der Waals surface area contributed by atoms with Crippen molar-refractivity contribution in [1.29, 1.82) is 5.26 Å². The zero-order valence-corrected chi connectivity index (χ0v) is 22.8. The Labute approximate surface area is 226 Å². The van der Waals surface area contributed by atoms with Crippen LogP contribution in [0.25, 0.3) is 34.3 Å². The number of pyridine rings is 1. The van der Waals surface area contributed by atoms with Crippen molar-refractivity contribution >= 4 is 11.9 Å². The van der Waals surface area contributed by atoms with E-state index in [1.165, 1.54) is 4.90 Å². The maximum Gasteiger partial charge on any atom is 0.410 e. The molecule has 11 nitrogen and oxygen atoms in total. The lowest BCUT2D eigenvalue weighted by molar-refractivity contribution is 0.0285. The van der Waals surface area contributed by atoms with E-state index in [2.05, 4.69) is 31.2 Å². The number of hydrogen-bond acceptors (Lipinski definition) is 10. The molecule has 0 aliphatic carbocycles. The van der Waals surface area contributed by atoms with Crippen LogP contribution in [0.2, 0.25) is 0 Å². The van der Waals surface area contributed by atoms with Gasteiger partial charge < -0.3 is 19.8 Å². The van der Waals surface area contributed by atoms with E-state index >= 15 is 0 Å². The molecular weight excluding hydrogens is 496 g/mol. The van der Waals surface area contributed by atoms with Crippen LogP contribution in [0.4, 0.5) is 10.6 Å². The molecule has 39 heavy (non-hydrogen) atoms. The van der Waals surface area contributed by atoms with Gasteiger partial charge in [-0.2, -0.15) is 5.26 Å². The normalized spacial score (nSPS) is 11.6. The highest BCUT2D eigenvalue weighted by Crippen LogP contribution is 2.29. The van der Waals surface area contributed by atoms with Crippen molar-refractivity contribution in [2.75, 3.05) is 12.8 Å². The Morgan fingerprint density at radius 1 is 1.05 bits per heavy atom. The largest absolute Gasteiger partial charge is 0.444 e. The second kappa shape index (κ2) is 10.5. The monoisotopic (exact) mass is 526 g/mol. The fraction of sp³-hybridized carbons (Fsp3) is 0.321. The summed E-state index contributed by atoms with van der Waals surface area (Å²) in [5.41, 5.74) is 8.49. The fourth-order valence-electron chi connectivity index (χ4n) is 3.55. The van der Waals surface area contributed by atoms with E-state index in [4.69, 9.17) is 14.9 Å². The Bertz CT molecular complexity index is 1530. The van der Waals surface area contributed by atoms with Crippen molar-refractivity contribution in [2.24, 2.45) is 0 Å². The summed E-state index contributed by atoms with van der Waals surface area (Å²) in [5, 5.41) is 17.7. The molecule has 3 aromatic heterocycles. The molecule has 0 aliphatic rings. The van der Waals surface area contributed by atoms with Crippen molar-refractivity contribution in [3.63, 3.8) is 0 Å². The highest BCUT2D eigenvalue weighted by Gasteiger charge is 2.23. The van der Waals surface area contributed by atoms with Gasteiger partial charge in [0.2, 0.25) is 5.89 Å². The molecule has 200 valence electrons. The molecule has 0 saturated heterocycles. The number of carbonyl (C=O) groups is 1. The van der Waals surface area contributed by atoms with Crippen molar-refractivity contribution in [1.82, 2.24) is 30.0 Å². The first-order valence-electron chi connectivity index (χ1n) is 12.2. The van der Waals surface area contributed by atoms with Crippen LogP contribution in [0, 0.1) is 11.3 Å². The number of carbonyl (C=O) groups excluding carboxylic acids is 1. The molecule has 0 aliphatic heterocycles. The van der Waals surface area contributed by atoms with Crippen molar-refractivity contribution in [2.45, 2.75) is 52.2 Å². The summed E-state index contributed by atoms with van der Waals surface area (Å²) in [4.78, 5) is 26.9. The lowest BCUT2D eigenvalue weighted by Gasteiger charge is -2.24. The third-order valence-corrected chi connectivity index (χ3v) is 5.73. The lowest BCUT2D eigenvalue weighted by Crippen LogP contribution is -2.33. The number of nitrogens with two attached hydrogens (primary N) is 1. The van der Waals surface area contributed by atoms with Crippen molar-refractivity contribution in [3.8, 4) is 40.4 Å². The second-order valence-electron chi connectivity index (χ2n) is 10.6. The third kappa shape index (κ3) is 6.35. The summed E-state index contributed by atoms with van der Waals surface area (Å²) < 4.78 is 11.3. The molecule has 3 heterocycles. The maximum atomic E-state index is 12.2. The number of ether oxygens (including phenoxy) is 1. The van der Waals surface area contributed by atoms with Crippen LogP contribution in [-0.2, 0) is 16.7 Å². The molecule has 0 bridgehead atoms. The highest BCUT2D eigenvalue weighted by molar-refractivity contribution is 5.69. The lowest BCUT2D eigenvalue weighted by atomic mass is 9.90. The van der Waals surface area contributed by atoms with Gasteiger partial charge in [-0.1, -0.05) is 12.1 Å². The molecular formula is C28H30N8O3. The molecule has 4 rings (SSSR count). The molecule has 0 spiro atoms. The van der Waals surface area contributed by atoms with E-state index in [-0.39, 0.29) is 23.3 Å². The van der Waals surface area contributed by atoms with Gasteiger partial charge in [-0.25, -0.2) is 14.8 Å². The van der Waals surface area contributed by atoms with E-state index in [1.54, 1.807) is 45.4 Å². The average molecular weight is 527 g/mol. The Balaban J connectivity index is 1.54. The Morgan fingerprint density at radius 2 is 1.74 bits per heavy atom. The van der Waals surface area contributed by atoms with E-state index in [0.29, 0.717) is 23.5 Å². The molecule has 0 fully saturated rings. The molecule has 0 saturated carbocycles. The van der Waals surface area contributed by atoms with Gasteiger partial charge in [0, 0.05) is 30.9 Å². The second-order valence-corrected chi connectivity index (χ2v) is 10.6. The highest BCUT2D eigenvalue weighted by atomic mass is 16.6. The number of anilines is 1. The molecule has 0 radical (unpaired) electrons. The van der Waals surface area contributed by atoms with E-state index in [1.807, 2.05) is 45.0 Å². The standard InChI is InChI=1S/C28H30N8O3/c1-27(2,3)39-26(37)36(6)15-17-7-9-18(10-8-17)24-34-35-25(38-24)22-23(30)32-14-20(33-22)19-11-12-31-21(13-19)28(4,5)16-29/h7-14H,15H2,1-6H3,(H2,30,32). The number of benzene rings is 1. The van der Waals surface area contributed by atoms with Gasteiger partial charge in [0.25, 0.3) is 5.89 Å². The zero-order valence-electron chi connectivity index (χ0n) is 22.8. The molecule has 2 N–H and O–H groups in total. The summed E-state index contributed by atoms with van der Waals surface area (Å²) >= 11 is 0. The molecule has 4 aromatic rings. The fourth-order valence-corrected chi connectivity index (χ4v) is 3.55. The minimum atomic E-state index is -0.762. The van der Waals surface area contributed by atoms with Crippen LogP contribution < -0.4 is 5.73 Å². The zero-order chi connectivity index (χ0) is 28.4. The Kier molecular flexibility index (Phi) is 7.31. The predicted octanol–water partition coefficient (Wildman–Crippen LogP) is 5.01. The minimum absolute atomic E-state index is 0.122. The average Bonchev–Trinajstić information content (AvgIpc) is 3.38. The van der Waals surface area contributed by atoms with Gasteiger partial charge in [0.05, 0.1) is 29.1 Å². The maximum absolute atomic E-state index is 12.2. The van der Waals surface area contributed by atoms with Crippen molar-refractivity contribution < 1.29 is 13.9 Å². The van der Waals surface area contributed by atoms with Gasteiger partial charge in [-0.3, -0.25) is 4.98 Å². The van der Waals surface area contributed by atoms with E-state index in [9.17, 15) is 10.1 Å². The Morgan fingerprint density at radius 3 is 2.41 bits per heavy atom. The quantitative estimate of drug-likeness (QED) is 0.362. The number of hydrogen-bond donors (Lipinski definition) is 1. The summed E-state index contributed by atoms with van der Waals surface area (Å²) in [7, 11) is 1.68. The summed E-state index contributed by atoms with van der Waals surface area (Å²) in [6, 6.07) is 13.2. The van der Waals surface area contributed by atoms with Crippen LogP contribution in [-0.4, -0.2) is 48.8 Å². The smallest absolute Gasteiger partial charge is 0.410 e. The van der Waals surface area contributed by atoms with Crippen LogP contribution in [0.15, 0.2) is 53.2 Å². The number of nitrogen functional groups attached to an aromatic ring is 1. The summed E-state index contributed by atoms with van der Waals surface area (Å²) in [6.45, 7) is 9.46. The summed E-state index contributed by atoms with van der Waals surface area (Å²) in [5.74, 6) is 0.545. The molecule has 1 amide bonds. The van der Waals surface area contributed by atoms with Gasteiger partial charge >= 0.3 is 6.09 Å². The van der Waals surface area contributed by atoms with Gasteiger partial charge in [0.15, 0.2) is 11.5 Å². The first-order chi connectivity index (χ1) is 18.4. The first-order valence-corrected chi connectivity index (χ1v) is 12.2. The molecule has 0 atom stereocenters. The number of nitrogens with zero attached hydrogens (tertiary/aromatic N) is 7. The van der Waals surface area contributed by atoms with Crippen molar-refractivity contribution in [3.05, 3.63) is 60.0 Å². The number of amides is 1. The number of rotatable bonds is 6. The number of nitriles is 1. The van der Waals surface area contributed by atoms with Crippen LogP contribution in [0.5, 0.6) is 0 Å². The minimum Gasteiger partial charge on any atom is -0.444 e. The topological polar surface area (TPSA) is 157 Å². The first kappa shape index (κ1) is 27.2. The Hall–Kier alpha value is -4.85. The van der Waals surface area contributed by atoms with Gasteiger partial charge in [0.1, 0.15) is 5.60 Å². The van der Waals surface area contributed by atoms with Crippen LogP contribution >= 0.6 is 0 Å². The molecule has 1 aromatic carbocycles. The van der Waals surface area contributed by atoms with Gasteiger partial charge in [-0.15, -0.1) is 10.2 Å². The van der Waals surface area contributed by atoms with E-state index < -0.39 is 17.1 Å². The van der Waals surface area contributed by atoms with Gasteiger partial charge in [-0.05, 0) is 64.4 Å². The summed E-state index contributed by atoms with van der Waals surface area (Å²) in [6.07, 6.45) is 2.77. The molecule has 11 heteroatoms. The number of aromatic nitrogens is 5.